The molecule has 0 bridgehead atoms. The van der Waals surface area contributed by atoms with Crippen LogP contribution < -0.4 is 10.5 Å². The Balaban J connectivity index is 2.19. The fraction of sp³-hybridized carbons (Fsp3) is 0.500. The Labute approximate surface area is 133 Å². The number of carbonyl (C=O) groups excluding carboxylic acids is 1. The van der Waals surface area contributed by atoms with E-state index in [4.69, 9.17) is 5.14 Å². The van der Waals surface area contributed by atoms with Crippen LogP contribution in [0.15, 0.2) is 27.6 Å². The van der Waals surface area contributed by atoms with Crippen molar-refractivity contribution in [1.82, 2.24) is 0 Å². The van der Waals surface area contributed by atoms with Gasteiger partial charge in [-0.3, -0.25) is 4.79 Å². The lowest BCUT2D eigenvalue weighted by molar-refractivity contribution is -0.122. The van der Waals surface area contributed by atoms with Gasteiger partial charge >= 0.3 is 0 Å². The molecule has 1 aliphatic carbocycles. The average molecular weight is 375 g/mol. The number of halogens is 1. The number of benzene rings is 1. The molecule has 1 aromatic carbocycles. The molecule has 0 heterocycles. The van der Waals surface area contributed by atoms with Crippen molar-refractivity contribution in [3.05, 3.63) is 22.7 Å². The summed E-state index contributed by atoms with van der Waals surface area (Å²) in [5.41, 5.74) is 0.548. The van der Waals surface area contributed by atoms with Crippen LogP contribution in [0.5, 0.6) is 0 Å². The summed E-state index contributed by atoms with van der Waals surface area (Å²) < 4.78 is 23.1. The number of carbonyl (C=O) groups is 1. The van der Waals surface area contributed by atoms with Crippen LogP contribution in [0.3, 0.4) is 0 Å². The van der Waals surface area contributed by atoms with E-state index < -0.39 is 10.0 Å². The third-order valence-corrected chi connectivity index (χ3v) is 5.67. The van der Waals surface area contributed by atoms with Gasteiger partial charge in [0, 0.05) is 10.4 Å². The number of sulfonamides is 1. The van der Waals surface area contributed by atoms with E-state index in [-0.39, 0.29) is 22.1 Å². The van der Waals surface area contributed by atoms with Gasteiger partial charge in [0.1, 0.15) is 0 Å². The molecule has 1 unspecified atom stereocenters. The SMILES string of the molecule is CC1(C)CCCC1C(=O)Nc1ccc(S(N)(=O)=O)cc1Br. The zero-order chi connectivity index (χ0) is 15.8. The van der Waals surface area contributed by atoms with Gasteiger partial charge in [0.2, 0.25) is 15.9 Å². The molecule has 7 heteroatoms. The molecule has 0 aliphatic heterocycles. The second-order valence-electron chi connectivity index (χ2n) is 6.11. The van der Waals surface area contributed by atoms with Crippen molar-refractivity contribution in [1.29, 1.82) is 0 Å². The first-order chi connectivity index (χ1) is 9.61. The van der Waals surface area contributed by atoms with Crippen molar-refractivity contribution in [2.45, 2.75) is 38.0 Å². The van der Waals surface area contributed by atoms with E-state index in [0.717, 1.165) is 19.3 Å². The lowest BCUT2D eigenvalue weighted by Gasteiger charge is -2.26. The molecule has 116 valence electrons. The van der Waals surface area contributed by atoms with Crippen molar-refractivity contribution in [2.75, 3.05) is 5.32 Å². The highest BCUT2D eigenvalue weighted by atomic mass is 79.9. The van der Waals surface area contributed by atoms with E-state index in [0.29, 0.717) is 10.2 Å². The predicted octanol–water partition coefficient (Wildman–Crippen LogP) is 2.86. The van der Waals surface area contributed by atoms with Crippen molar-refractivity contribution < 1.29 is 13.2 Å². The molecule has 1 aromatic rings. The number of hydrogen-bond acceptors (Lipinski definition) is 3. The summed E-state index contributed by atoms with van der Waals surface area (Å²) in [7, 11) is -3.75. The summed E-state index contributed by atoms with van der Waals surface area (Å²) in [5, 5.41) is 7.94. The molecule has 1 saturated carbocycles. The van der Waals surface area contributed by atoms with Crippen LogP contribution in [-0.4, -0.2) is 14.3 Å². The Morgan fingerprint density at radius 1 is 1.43 bits per heavy atom. The van der Waals surface area contributed by atoms with Gasteiger partial charge in [-0.25, -0.2) is 13.6 Å². The largest absolute Gasteiger partial charge is 0.325 e. The molecule has 5 nitrogen and oxygen atoms in total. The number of anilines is 1. The number of primary sulfonamides is 1. The standard InChI is InChI=1S/C14H19BrN2O3S/c1-14(2)7-3-4-10(14)13(18)17-12-6-5-9(8-11(12)15)21(16,19)20/h5-6,8,10H,3-4,7H2,1-2H3,(H,17,18)(H2,16,19,20). The maximum absolute atomic E-state index is 12.4. The molecule has 1 fully saturated rings. The first kappa shape index (κ1) is 16.5. The molecule has 1 atom stereocenters. The Bertz CT molecular complexity index is 671. The second-order valence-corrected chi connectivity index (χ2v) is 8.53. The van der Waals surface area contributed by atoms with Crippen LogP contribution in [0.2, 0.25) is 0 Å². The predicted molar refractivity (Wildman–Crippen MR) is 85.3 cm³/mol. The lowest BCUT2D eigenvalue weighted by atomic mass is 9.81. The molecule has 1 aliphatic rings. The summed E-state index contributed by atoms with van der Waals surface area (Å²) >= 11 is 3.27. The molecular formula is C14H19BrN2O3S. The van der Waals surface area contributed by atoms with Crippen molar-refractivity contribution >= 4 is 37.5 Å². The third-order valence-electron chi connectivity index (χ3n) is 4.10. The summed E-state index contributed by atoms with van der Waals surface area (Å²) in [5.74, 6) is -0.0520. The minimum atomic E-state index is -3.75. The molecule has 2 rings (SSSR count). The minimum absolute atomic E-state index is 0.00288. The molecule has 0 spiro atoms. The summed E-state index contributed by atoms with van der Waals surface area (Å²) in [4.78, 5) is 12.4. The fourth-order valence-corrected chi connectivity index (χ4v) is 3.98. The lowest BCUT2D eigenvalue weighted by Crippen LogP contribution is -2.30. The normalized spacial score (nSPS) is 21.2. The van der Waals surface area contributed by atoms with Crippen LogP contribution in [0, 0.1) is 11.3 Å². The molecule has 0 radical (unpaired) electrons. The van der Waals surface area contributed by atoms with Gasteiger partial charge in [-0.2, -0.15) is 0 Å². The smallest absolute Gasteiger partial charge is 0.238 e. The van der Waals surface area contributed by atoms with E-state index in [2.05, 4.69) is 35.1 Å². The van der Waals surface area contributed by atoms with Gasteiger partial charge in [0.25, 0.3) is 0 Å². The van der Waals surface area contributed by atoms with E-state index in [1.54, 1.807) is 6.07 Å². The number of amides is 1. The summed E-state index contributed by atoms with van der Waals surface area (Å²) in [6.07, 6.45) is 2.97. The highest BCUT2D eigenvalue weighted by Crippen LogP contribution is 2.43. The van der Waals surface area contributed by atoms with Crippen LogP contribution in [0.25, 0.3) is 0 Å². The van der Waals surface area contributed by atoms with E-state index in [1.165, 1.54) is 12.1 Å². The number of hydrogen-bond donors (Lipinski definition) is 2. The molecule has 3 N–H and O–H groups in total. The molecule has 1 amide bonds. The van der Waals surface area contributed by atoms with Crippen LogP contribution in [-0.2, 0) is 14.8 Å². The van der Waals surface area contributed by atoms with Gasteiger partial charge in [0.15, 0.2) is 0 Å². The maximum atomic E-state index is 12.4. The van der Waals surface area contributed by atoms with Crippen molar-refractivity contribution in [2.24, 2.45) is 16.5 Å². The number of nitrogens with one attached hydrogen (secondary N) is 1. The van der Waals surface area contributed by atoms with Crippen LogP contribution in [0.4, 0.5) is 5.69 Å². The Morgan fingerprint density at radius 2 is 2.10 bits per heavy atom. The summed E-state index contributed by atoms with van der Waals surface area (Å²) in [6.45, 7) is 4.20. The summed E-state index contributed by atoms with van der Waals surface area (Å²) in [6, 6.07) is 4.32. The van der Waals surface area contributed by atoms with Crippen molar-refractivity contribution in [3.8, 4) is 0 Å². The zero-order valence-electron chi connectivity index (χ0n) is 12.0. The first-order valence-electron chi connectivity index (χ1n) is 6.74. The Morgan fingerprint density at radius 3 is 2.57 bits per heavy atom. The molecule has 0 saturated heterocycles. The fourth-order valence-electron chi connectivity index (χ4n) is 2.81. The second kappa shape index (κ2) is 5.70. The first-order valence-corrected chi connectivity index (χ1v) is 9.08. The van der Waals surface area contributed by atoms with E-state index >= 15 is 0 Å². The van der Waals surface area contributed by atoms with Gasteiger partial charge in [0.05, 0.1) is 10.6 Å². The maximum Gasteiger partial charge on any atom is 0.238 e. The zero-order valence-corrected chi connectivity index (χ0v) is 14.4. The average Bonchev–Trinajstić information content (AvgIpc) is 2.70. The highest BCUT2D eigenvalue weighted by molar-refractivity contribution is 9.10. The van der Waals surface area contributed by atoms with E-state index in [1.807, 2.05) is 0 Å². The Kier molecular flexibility index (Phi) is 4.46. The quantitative estimate of drug-likeness (QED) is 0.851. The van der Waals surface area contributed by atoms with Crippen LogP contribution >= 0.6 is 15.9 Å². The number of rotatable bonds is 3. The third kappa shape index (κ3) is 3.64. The Hall–Kier alpha value is -0.920. The van der Waals surface area contributed by atoms with Crippen molar-refractivity contribution in [3.63, 3.8) is 0 Å². The van der Waals surface area contributed by atoms with E-state index in [9.17, 15) is 13.2 Å². The van der Waals surface area contributed by atoms with Gasteiger partial charge in [-0.1, -0.05) is 20.3 Å². The molecular weight excluding hydrogens is 356 g/mol. The molecule has 21 heavy (non-hydrogen) atoms. The van der Waals surface area contributed by atoms with Gasteiger partial charge < -0.3 is 5.32 Å². The van der Waals surface area contributed by atoms with Gasteiger partial charge in [-0.05, 0) is 52.4 Å². The number of nitrogens with two attached hydrogens (primary N) is 1. The topological polar surface area (TPSA) is 89.3 Å². The highest BCUT2D eigenvalue weighted by Gasteiger charge is 2.39. The van der Waals surface area contributed by atoms with Crippen LogP contribution in [0.1, 0.15) is 33.1 Å². The molecule has 0 aromatic heterocycles. The minimum Gasteiger partial charge on any atom is -0.325 e. The monoisotopic (exact) mass is 374 g/mol. The van der Waals surface area contributed by atoms with Gasteiger partial charge in [-0.15, -0.1) is 0 Å².